The van der Waals surface area contributed by atoms with Crippen LogP contribution in [0.15, 0.2) is 0 Å². The molecule has 1 N–H and O–H groups in total. The first-order chi connectivity index (χ1) is 7.20. The number of hydrogen-bond donors (Lipinski definition) is 1. The highest BCUT2D eigenvalue weighted by Gasteiger charge is 2.06. The highest BCUT2D eigenvalue weighted by atomic mass is 16.5. The lowest BCUT2D eigenvalue weighted by Crippen LogP contribution is -2.27. The van der Waals surface area contributed by atoms with Crippen LogP contribution < -0.4 is 5.32 Å². The number of nitrogens with one attached hydrogen (secondary N) is 1. The SMILES string of the molecule is CCCCOCCC(CCC(C)C)NC. The summed E-state index contributed by atoms with van der Waals surface area (Å²) in [6.45, 7) is 8.60. The maximum atomic E-state index is 5.57. The Labute approximate surface area is 95.8 Å². The molecule has 92 valence electrons. The number of rotatable bonds is 10. The average Bonchev–Trinajstić information content (AvgIpc) is 2.22. The molecule has 0 radical (unpaired) electrons. The summed E-state index contributed by atoms with van der Waals surface area (Å²) in [5, 5.41) is 3.37. The fraction of sp³-hybridized carbons (Fsp3) is 1.00. The predicted octanol–water partition coefficient (Wildman–Crippen LogP) is 3.22. The molecule has 0 amide bonds. The van der Waals surface area contributed by atoms with Crippen LogP contribution in [-0.2, 0) is 4.74 Å². The number of unbranched alkanes of at least 4 members (excludes halogenated alkanes) is 1. The van der Waals surface area contributed by atoms with Gasteiger partial charge < -0.3 is 10.1 Å². The minimum absolute atomic E-state index is 0.633. The third kappa shape index (κ3) is 10.2. The van der Waals surface area contributed by atoms with Crippen LogP contribution in [0.5, 0.6) is 0 Å². The summed E-state index contributed by atoms with van der Waals surface area (Å²) in [6.07, 6.45) is 6.14. The van der Waals surface area contributed by atoms with Crippen LogP contribution in [0.25, 0.3) is 0 Å². The molecule has 0 bridgehead atoms. The van der Waals surface area contributed by atoms with Gasteiger partial charge in [0.05, 0.1) is 0 Å². The lowest BCUT2D eigenvalue weighted by atomic mass is 10.0. The van der Waals surface area contributed by atoms with Crippen molar-refractivity contribution in [3.63, 3.8) is 0 Å². The van der Waals surface area contributed by atoms with Gasteiger partial charge in [0, 0.05) is 19.3 Å². The van der Waals surface area contributed by atoms with Crippen molar-refractivity contribution in [1.29, 1.82) is 0 Å². The summed E-state index contributed by atoms with van der Waals surface area (Å²) < 4.78 is 5.57. The number of hydrogen-bond acceptors (Lipinski definition) is 2. The standard InChI is InChI=1S/C13H29NO/c1-5-6-10-15-11-9-13(14-4)8-7-12(2)3/h12-14H,5-11H2,1-4H3. The molecule has 1 atom stereocenters. The zero-order chi connectivity index (χ0) is 11.5. The normalized spacial score (nSPS) is 13.4. The molecular formula is C13H29NO. The molecule has 2 nitrogen and oxygen atoms in total. The molecule has 0 saturated heterocycles. The van der Waals surface area contributed by atoms with Gasteiger partial charge in [0.15, 0.2) is 0 Å². The van der Waals surface area contributed by atoms with E-state index < -0.39 is 0 Å². The highest BCUT2D eigenvalue weighted by Crippen LogP contribution is 2.09. The molecule has 0 aromatic rings. The summed E-state index contributed by atoms with van der Waals surface area (Å²) >= 11 is 0. The van der Waals surface area contributed by atoms with E-state index >= 15 is 0 Å². The van der Waals surface area contributed by atoms with Crippen LogP contribution in [0.1, 0.15) is 52.9 Å². The van der Waals surface area contributed by atoms with Gasteiger partial charge >= 0.3 is 0 Å². The van der Waals surface area contributed by atoms with Gasteiger partial charge in [-0.3, -0.25) is 0 Å². The minimum atomic E-state index is 0.633. The molecule has 1 unspecified atom stereocenters. The smallest absolute Gasteiger partial charge is 0.0480 e. The van der Waals surface area contributed by atoms with E-state index in [1.165, 1.54) is 25.7 Å². The van der Waals surface area contributed by atoms with E-state index in [-0.39, 0.29) is 0 Å². The molecule has 0 aliphatic rings. The van der Waals surface area contributed by atoms with Gasteiger partial charge in [-0.15, -0.1) is 0 Å². The molecule has 0 fully saturated rings. The van der Waals surface area contributed by atoms with Gasteiger partial charge in [-0.25, -0.2) is 0 Å². The Morgan fingerprint density at radius 3 is 2.33 bits per heavy atom. The van der Waals surface area contributed by atoms with Crippen molar-refractivity contribution in [2.24, 2.45) is 5.92 Å². The Morgan fingerprint density at radius 1 is 1.07 bits per heavy atom. The van der Waals surface area contributed by atoms with Crippen LogP contribution >= 0.6 is 0 Å². The van der Waals surface area contributed by atoms with Gasteiger partial charge in [0.2, 0.25) is 0 Å². The van der Waals surface area contributed by atoms with Crippen molar-refractivity contribution >= 4 is 0 Å². The Balaban J connectivity index is 3.36. The van der Waals surface area contributed by atoms with Gasteiger partial charge in [-0.1, -0.05) is 27.2 Å². The largest absolute Gasteiger partial charge is 0.381 e. The van der Waals surface area contributed by atoms with E-state index in [1.54, 1.807) is 0 Å². The van der Waals surface area contributed by atoms with Gasteiger partial charge in [0.1, 0.15) is 0 Å². The van der Waals surface area contributed by atoms with Crippen molar-refractivity contribution < 1.29 is 4.74 Å². The first-order valence-electron chi connectivity index (χ1n) is 6.45. The van der Waals surface area contributed by atoms with Crippen molar-refractivity contribution in [3.8, 4) is 0 Å². The van der Waals surface area contributed by atoms with E-state index in [4.69, 9.17) is 4.74 Å². The second-order valence-electron chi connectivity index (χ2n) is 4.71. The van der Waals surface area contributed by atoms with E-state index in [0.717, 1.165) is 25.6 Å². The topological polar surface area (TPSA) is 21.3 Å². The van der Waals surface area contributed by atoms with Crippen LogP contribution in [0.3, 0.4) is 0 Å². The maximum Gasteiger partial charge on any atom is 0.0480 e. The first kappa shape index (κ1) is 14.9. The van der Waals surface area contributed by atoms with Gasteiger partial charge in [0.25, 0.3) is 0 Å². The van der Waals surface area contributed by atoms with E-state index in [0.29, 0.717) is 6.04 Å². The van der Waals surface area contributed by atoms with Crippen molar-refractivity contribution in [1.82, 2.24) is 5.32 Å². The minimum Gasteiger partial charge on any atom is -0.381 e. The Hall–Kier alpha value is -0.0800. The average molecular weight is 215 g/mol. The maximum absolute atomic E-state index is 5.57. The molecular weight excluding hydrogens is 186 g/mol. The molecule has 0 spiro atoms. The Kier molecular flexibility index (Phi) is 10.4. The van der Waals surface area contributed by atoms with Crippen LogP contribution in [-0.4, -0.2) is 26.3 Å². The van der Waals surface area contributed by atoms with Crippen molar-refractivity contribution in [3.05, 3.63) is 0 Å². The highest BCUT2D eigenvalue weighted by molar-refractivity contribution is 4.65. The van der Waals surface area contributed by atoms with Crippen LogP contribution in [0, 0.1) is 5.92 Å². The first-order valence-corrected chi connectivity index (χ1v) is 6.45. The van der Waals surface area contributed by atoms with Crippen molar-refractivity contribution in [2.45, 2.75) is 58.9 Å². The molecule has 15 heavy (non-hydrogen) atoms. The Morgan fingerprint density at radius 2 is 1.80 bits per heavy atom. The third-order valence-electron chi connectivity index (χ3n) is 2.75. The second kappa shape index (κ2) is 10.4. The summed E-state index contributed by atoms with van der Waals surface area (Å²) in [6, 6.07) is 0.633. The fourth-order valence-corrected chi connectivity index (χ4v) is 1.54. The summed E-state index contributed by atoms with van der Waals surface area (Å²) in [5.74, 6) is 0.807. The van der Waals surface area contributed by atoms with E-state index in [1.807, 2.05) is 0 Å². The van der Waals surface area contributed by atoms with Gasteiger partial charge in [-0.05, 0) is 38.6 Å². The lowest BCUT2D eigenvalue weighted by molar-refractivity contribution is 0.120. The zero-order valence-corrected chi connectivity index (χ0v) is 11.0. The molecule has 2 heteroatoms. The predicted molar refractivity (Wildman–Crippen MR) is 67.3 cm³/mol. The summed E-state index contributed by atoms with van der Waals surface area (Å²) in [5.41, 5.74) is 0. The summed E-state index contributed by atoms with van der Waals surface area (Å²) in [7, 11) is 2.05. The fourth-order valence-electron chi connectivity index (χ4n) is 1.54. The molecule has 0 aromatic heterocycles. The monoisotopic (exact) mass is 215 g/mol. The third-order valence-corrected chi connectivity index (χ3v) is 2.75. The molecule has 0 saturated carbocycles. The Bertz CT molecular complexity index is 126. The number of ether oxygens (including phenoxy) is 1. The van der Waals surface area contributed by atoms with Crippen molar-refractivity contribution in [2.75, 3.05) is 20.3 Å². The van der Waals surface area contributed by atoms with E-state index in [9.17, 15) is 0 Å². The zero-order valence-electron chi connectivity index (χ0n) is 11.0. The molecule has 0 aromatic carbocycles. The summed E-state index contributed by atoms with van der Waals surface area (Å²) in [4.78, 5) is 0. The molecule has 0 rings (SSSR count). The van der Waals surface area contributed by atoms with E-state index in [2.05, 4.69) is 33.1 Å². The second-order valence-corrected chi connectivity index (χ2v) is 4.71. The quantitative estimate of drug-likeness (QED) is 0.565. The molecule has 0 heterocycles. The van der Waals surface area contributed by atoms with Gasteiger partial charge in [-0.2, -0.15) is 0 Å². The molecule has 0 aliphatic heterocycles. The molecule has 0 aliphatic carbocycles. The lowest BCUT2D eigenvalue weighted by Gasteiger charge is -2.17. The van der Waals surface area contributed by atoms with Crippen LogP contribution in [0.2, 0.25) is 0 Å². The van der Waals surface area contributed by atoms with Crippen LogP contribution in [0.4, 0.5) is 0 Å².